The Kier molecular flexibility index (Phi) is 8.70. The van der Waals surface area contributed by atoms with Crippen LogP contribution in [-0.2, 0) is 17.8 Å². The van der Waals surface area contributed by atoms with Crippen LogP contribution in [0.1, 0.15) is 52.4 Å². The number of carbonyl (C=O) groups excluding carboxylic acids is 1. The molecule has 0 aromatic heterocycles. The first-order valence-electron chi connectivity index (χ1n) is 10.9. The Balaban J connectivity index is 1.35. The summed E-state index contributed by atoms with van der Waals surface area (Å²) in [4.78, 5) is 12.1. The number of rotatable bonds is 11. The number of allylic oxidation sites excluding steroid dienone is 2. The Hall–Kier alpha value is -3.30. The molecule has 0 heterocycles. The number of ether oxygens (including phenoxy) is 1. The van der Waals surface area contributed by atoms with Crippen LogP contribution in [0.3, 0.4) is 0 Å². The predicted octanol–water partition coefficient (Wildman–Crippen LogP) is 7.29. The molecule has 0 aliphatic rings. The number of ketones is 1. The lowest BCUT2D eigenvalue weighted by molar-refractivity contribution is 0.104. The van der Waals surface area contributed by atoms with E-state index in [4.69, 9.17) is 4.74 Å². The highest BCUT2D eigenvalue weighted by molar-refractivity contribution is 6.06. The third-order valence-electron chi connectivity index (χ3n) is 5.26. The number of benzene rings is 3. The topological polar surface area (TPSA) is 26.3 Å². The molecule has 0 aliphatic heterocycles. The number of hydrogen-bond donors (Lipinski definition) is 0. The summed E-state index contributed by atoms with van der Waals surface area (Å²) >= 11 is 0. The fourth-order valence-electron chi connectivity index (χ4n) is 3.29. The molecule has 0 amide bonds. The maximum Gasteiger partial charge on any atom is 0.185 e. The first-order chi connectivity index (χ1) is 15.5. The zero-order valence-corrected chi connectivity index (χ0v) is 18.5. The van der Waals surface area contributed by atoms with E-state index in [1.54, 1.807) is 6.08 Å². The monoisotopic (exact) mass is 428 g/mol. The van der Waals surface area contributed by atoms with Crippen LogP contribution in [-0.4, -0.2) is 12.4 Å². The SMILES string of the molecule is C=C(C)c1ccc(COCCCCc2ccc(/C=C/C(=O)c3ccc(F)cc3)cc2)cc1. The van der Waals surface area contributed by atoms with Gasteiger partial charge in [0.25, 0.3) is 0 Å². The fraction of sp³-hybridized carbons (Fsp3) is 0.207. The summed E-state index contributed by atoms with van der Waals surface area (Å²) in [5.41, 5.74) is 6.12. The van der Waals surface area contributed by atoms with E-state index in [2.05, 4.69) is 43.0 Å². The lowest BCUT2D eigenvalue weighted by Gasteiger charge is -2.06. The third kappa shape index (κ3) is 7.44. The molecule has 0 spiro atoms. The van der Waals surface area contributed by atoms with Crippen LogP contribution >= 0.6 is 0 Å². The summed E-state index contributed by atoms with van der Waals surface area (Å²) in [6, 6.07) is 22.1. The summed E-state index contributed by atoms with van der Waals surface area (Å²) in [5.74, 6) is -0.484. The molecular formula is C29H29FO2. The van der Waals surface area contributed by atoms with Gasteiger partial charge < -0.3 is 4.74 Å². The summed E-state index contributed by atoms with van der Waals surface area (Å²) in [6.07, 6.45) is 6.37. The van der Waals surface area contributed by atoms with Crippen molar-refractivity contribution >= 4 is 17.4 Å². The fourth-order valence-corrected chi connectivity index (χ4v) is 3.29. The summed E-state index contributed by atoms with van der Waals surface area (Å²) in [6.45, 7) is 7.34. The summed E-state index contributed by atoms with van der Waals surface area (Å²) in [5, 5.41) is 0. The molecule has 0 radical (unpaired) electrons. The largest absolute Gasteiger partial charge is 0.377 e. The Morgan fingerprint density at radius 1 is 0.875 bits per heavy atom. The highest BCUT2D eigenvalue weighted by Gasteiger charge is 2.02. The quantitative estimate of drug-likeness (QED) is 0.182. The molecule has 0 N–H and O–H groups in total. The van der Waals surface area contributed by atoms with Crippen molar-refractivity contribution in [2.24, 2.45) is 0 Å². The van der Waals surface area contributed by atoms with Gasteiger partial charge in [-0.1, -0.05) is 66.8 Å². The average molecular weight is 429 g/mol. The molecule has 0 unspecified atom stereocenters. The number of halogens is 1. The number of carbonyl (C=O) groups is 1. The van der Waals surface area contributed by atoms with Crippen molar-refractivity contribution in [3.05, 3.63) is 119 Å². The highest BCUT2D eigenvalue weighted by atomic mass is 19.1. The lowest BCUT2D eigenvalue weighted by Crippen LogP contribution is -1.97. The first-order valence-corrected chi connectivity index (χ1v) is 10.9. The van der Waals surface area contributed by atoms with Crippen molar-refractivity contribution in [1.82, 2.24) is 0 Å². The van der Waals surface area contributed by atoms with Crippen LogP contribution in [0, 0.1) is 5.82 Å². The maximum absolute atomic E-state index is 13.0. The van der Waals surface area contributed by atoms with Crippen molar-refractivity contribution in [1.29, 1.82) is 0 Å². The van der Waals surface area contributed by atoms with E-state index in [9.17, 15) is 9.18 Å². The minimum atomic E-state index is -0.346. The van der Waals surface area contributed by atoms with Crippen molar-refractivity contribution < 1.29 is 13.9 Å². The van der Waals surface area contributed by atoms with E-state index in [-0.39, 0.29) is 11.6 Å². The van der Waals surface area contributed by atoms with Gasteiger partial charge in [0, 0.05) is 12.2 Å². The summed E-state index contributed by atoms with van der Waals surface area (Å²) in [7, 11) is 0. The molecular weight excluding hydrogens is 399 g/mol. The normalized spacial score (nSPS) is 11.1. The van der Waals surface area contributed by atoms with Crippen LogP contribution in [0.15, 0.2) is 85.5 Å². The standard InChI is InChI=1S/C29H29FO2/c1-22(2)26-13-10-25(11-14-26)21-32-20-4-3-5-23-6-8-24(9-7-23)12-19-29(31)27-15-17-28(30)18-16-27/h6-19H,1,3-5,20-21H2,2H3/b19-12+. The Morgan fingerprint density at radius 2 is 1.50 bits per heavy atom. The zero-order chi connectivity index (χ0) is 22.8. The Morgan fingerprint density at radius 3 is 2.16 bits per heavy atom. The Labute approximate surface area is 190 Å². The Bertz CT molecular complexity index is 1050. The minimum absolute atomic E-state index is 0.138. The minimum Gasteiger partial charge on any atom is -0.377 e. The molecule has 0 saturated carbocycles. The van der Waals surface area contributed by atoms with Crippen LogP contribution in [0.4, 0.5) is 4.39 Å². The second-order valence-electron chi connectivity index (χ2n) is 7.93. The molecule has 0 aliphatic carbocycles. The van der Waals surface area contributed by atoms with Gasteiger partial charge in [-0.05, 0) is 78.8 Å². The van der Waals surface area contributed by atoms with Gasteiger partial charge in [0.1, 0.15) is 5.82 Å². The molecule has 0 fully saturated rings. The third-order valence-corrected chi connectivity index (χ3v) is 5.26. The van der Waals surface area contributed by atoms with Crippen molar-refractivity contribution in [2.75, 3.05) is 6.61 Å². The van der Waals surface area contributed by atoms with Crippen LogP contribution in [0.2, 0.25) is 0 Å². The van der Waals surface area contributed by atoms with Crippen LogP contribution in [0.5, 0.6) is 0 Å². The van der Waals surface area contributed by atoms with Gasteiger partial charge in [-0.2, -0.15) is 0 Å². The lowest BCUT2D eigenvalue weighted by atomic mass is 10.0. The smallest absolute Gasteiger partial charge is 0.185 e. The van der Waals surface area contributed by atoms with E-state index >= 15 is 0 Å². The molecule has 32 heavy (non-hydrogen) atoms. The molecule has 3 aromatic carbocycles. The second-order valence-corrected chi connectivity index (χ2v) is 7.93. The second kappa shape index (κ2) is 11.9. The van der Waals surface area contributed by atoms with E-state index in [0.717, 1.165) is 42.6 Å². The van der Waals surface area contributed by atoms with Crippen LogP contribution < -0.4 is 0 Å². The predicted molar refractivity (Wildman–Crippen MR) is 130 cm³/mol. The summed E-state index contributed by atoms with van der Waals surface area (Å²) < 4.78 is 18.7. The molecule has 0 bridgehead atoms. The number of aryl methyl sites for hydroxylation is 1. The van der Waals surface area contributed by atoms with Crippen LogP contribution in [0.25, 0.3) is 11.6 Å². The molecule has 3 rings (SSSR count). The van der Waals surface area contributed by atoms with E-state index < -0.39 is 0 Å². The van der Waals surface area contributed by atoms with Gasteiger partial charge in [0.2, 0.25) is 0 Å². The van der Waals surface area contributed by atoms with Crippen molar-refractivity contribution in [2.45, 2.75) is 32.8 Å². The van der Waals surface area contributed by atoms with Gasteiger partial charge in [-0.15, -0.1) is 0 Å². The van der Waals surface area contributed by atoms with Crippen molar-refractivity contribution in [3.63, 3.8) is 0 Å². The van der Waals surface area contributed by atoms with Gasteiger partial charge in [0.05, 0.1) is 6.61 Å². The number of unbranched alkanes of at least 4 members (excludes halogenated alkanes) is 1. The molecule has 2 nitrogen and oxygen atoms in total. The van der Waals surface area contributed by atoms with E-state index in [1.165, 1.54) is 41.5 Å². The molecule has 0 atom stereocenters. The average Bonchev–Trinajstić information content (AvgIpc) is 2.81. The molecule has 164 valence electrons. The molecule has 3 aromatic rings. The van der Waals surface area contributed by atoms with Gasteiger partial charge in [-0.25, -0.2) is 4.39 Å². The van der Waals surface area contributed by atoms with E-state index in [0.29, 0.717) is 12.2 Å². The van der Waals surface area contributed by atoms with Gasteiger partial charge in [-0.3, -0.25) is 4.79 Å². The number of hydrogen-bond acceptors (Lipinski definition) is 2. The maximum atomic E-state index is 13.0. The van der Waals surface area contributed by atoms with Gasteiger partial charge in [0.15, 0.2) is 5.78 Å². The first kappa shape index (κ1) is 23.4. The van der Waals surface area contributed by atoms with Crippen molar-refractivity contribution in [3.8, 4) is 0 Å². The van der Waals surface area contributed by atoms with E-state index in [1.807, 2.05) is 19.1 Å². The van der Waals surface area contributed by atoms with Gasteiger partial charge >= 0.3 is 0 Å². The molecule has 3 heteroatoms. The highest BCUT2D eigenvalue weighted by Crippen LogP contribution is 2.14. The zero-order valence-electron chi connectivity index (χ0n) is 18.5. The molecule has 0 saturated heterocycles.